The predicted molar refractivity (Wildman–Crippen MR) is 66.5 cm³/mol. The van der Waals surface area contributed by atoms with Gasteiger partial charge in [-0.15, -0.1) is 0 Å². The summed E-state index contributed by atoms with van der Waals surface area (Å²) in [7, 11) is 0. The standard InChI is InChI=1S/C11H19N3OS/c15-4-3-14-9-10(8-13-14)7-12-11-1-5-16-6-2-11/h8-9,11-12,15H,1-7H2. The van der Waals surface area contributed by atoms with E-state index in [0.717, 1.165) is 6.54 Å². The fourth-order valence-electron chi connectivity index (χ4n) is 1.89. The van der Waals surface area contributed by atoms with Crippen molar-refractivity contribution in [2.45, 2.75) is 32.0 Å². The van der Waals surface area contributed by atoms with Crippen LogP contribution < -0.4 is 5.32 Å². The van der Waals surface area contributed by atoms with Gasteiger partial charge in [0.25, 0.3) is 0 Å². The van der Waals surface area contributed by atoms with Crippen molar-refractivity contribution in [3.8, 4) is 0 Å². The molecular formula is C11H19N3OS. The first-order valence-electron chi connectivity index (χ1n) is 5.82. The van der Waals surface area contributed by atoms with Crippen molar-refractivity contribution in [1.29, 1.82) is 0 Å². The van der Waals surface area contributed by atoms with Gasteiger partial charge in [0, 0.05) is 24.3 Å². The summed E-state index contributed by atoms with van der Waals surface area (Å²) in [6.45, 7) is 1.62. The van der Waals surface area contributed by atoms with Crippen LogP contribution in [-0.4, -0.2) is 39.0 Å². The van der Waals surface area contributed by atoms with Crippen LogP contribution in [0.2, 0.25) is 0 Å². The van der Waals surface area contributed by atoms with E-state index in [1.54, 1.807) is 4.68 Å². The lowest BCUT2D eigenvalue weighted by atomic mass is 10.1. The molecule has 2 rings (SSSR count). The average Bonchev–Trinajstić information content (AvgIpc) is 2.76. The molecule has 2 heterocycles. The van der Waals surface area contributed by atoms with Crippen molar-refractivity contribution in [2.75, 3.05) is 18.1 Å². The van der Waals surface area contributed by atoms with Crippen LogP contribution in [0.15, 0.2) is 12.4 Å². The van der Waals surface area contributed by atoms with E-state index in [1.165, 1.54) is 29.9 Å². The largest absolute Gasteiger partial charge is 0.394 e. The number of hydrogen-bond donors (Lipinski definition) is 2. The Morgan fingerprint density at radius 1 is 1.50 bits per heavy atom. The van der Waals surface area contributed by atoms with Gasteiger partial charge in [0.1, 0.15) is 0 Å². The Labute approximate surface area is 100 Å². The fourth-order valence-corrected chi connectivity index (χ4v) is 2.99. The van der Waals surface area contributed by atoms with Crippen molar-refractivity contribution >= 4 is 11.8 Å². The van der Waals surface area contributed by atoms with Crippen LogP contribution in [-0.2, 0) is 13.1 Å². The van der Waals surface area contributed by atoms with Crippen LogP contribution in [0.5, 0.6) is 0 Å². The monoisotopic (exact) mass is 241 g/mol. The van der Waals surface area contributed by atoms with E-state index in [9.17, 15) is 0 Å². The molecule has 0 atom stereocenters. The summed E-state index contributed by atoms with van der Waals surface area (Å²) in [5, 5.41) is 16.5. The second-order valence-corrected chi connectivity index (χ2v) is 5.33. The average molecular weight is 241 g/mol. The number of aromatic nitrogens is 2. The highest BCUT2D eigenvalue weighted by atomic mass is 32.2. The summed E-state index contributed by atoms with van der Waals surface area (Å²) in [4.78, 5) is 0. The minimum Gasteiger partial charge on any atom is -0.394 e. The van der Waals surface area contributed by atoms with Gasteiger partial charge in [-0.1, -0.05) is 0 Å². The zero-order chi connectivity index (χ0) is 11.2. The number of aliphatic hydroxyl groups excluding tert-OH is 1. The van der Waals surface area contributed by atoms with E-state index in [4.69, 9.17) is 5.11 Å². The lowest BCUT2D eigenvalue weighted by molar-refractivity contribution is 0.269. The van der Waals surface area contributed by atoms with E-state index < -0.39 is 0 Å². The number of thioether (sulfide) groups is 1. The number of aliphatic hydroxyl groups is 1. The summed E-state index contributed by atoms with van der Waals surface area (Å²) in [5.41, 5.74) is 1.20. The van der Waals surface area contributed by atoms with Crippen LogP contribution in [0.1, 0.15) is 18.4 Å². The third-order valence-electron chi connectivity index (χ3n) is 2.83. The molecule has 0 aliphatic carbocycles. The van der Waals surface area contributed by atoms with Gasteiger partial charge in [-0.2, -0.15) is 16.9 Å². The van der Waals surface area contributed by atoms with Crippen LogP contribution >= 0.6 is 11.8 Å². The maximum absolute atomic E-state index is 8.78. The molecule has 16 heavy (non-hydrogen) atoms. The summed E-state index contributed by atoms with van der Waals surface area (Å²) in [6.07, 6.45) is 6.42. The molecule has 1 aromatic rings. The van der Waals surface area contributed by atoms with Gasteiger partial charge < -0.3 is 10.4 Å². The Kier molecular flexibility index (Phi) is 4.69. The van der Waals surface area contributed by atoms with E-state index in [0.29, 0.717) is 12.6 Å². The molecule has 2 N–H and O–H groups in total. The Balaban J connectivity index is 1.75. The van der Waals surface area contributed by atoms with Crippen LogP contribution in [0.25, 0.3) is 0 Å². The lowest BCUT2D eigenvalue weighted by Crippen LogP contribution is -2.31. The summed E-state index contributed by atoms with van der Waals surface area (Å²) < 4.78 is 1.79. The van der Waals surface area contributed by atoms with Gasteiger partial charge in [-0.3, -0.25) is 4.68 Å². The van der Waals surface area contributed by atoms with E-state index in [-0.39, 0.29) is 6.61 Å². The maximum atomic E-state index is 8.78. The molecule has 0 bridgehead atoms. The normalized spacial score (nSPS) is 17.8. The Morgan fingerprint density at radius 3 is 3.06 bits per heavy atom. The molecule has 0 unspecified atom stereocenters. The summed E-state index contributed by atoms with van der Waals surface area (Å²) >= 11 is 2.05. The van der Waals surface area contributed by atoms with Gasteiger partial charge in [-0.05, 0) is 24.3 Å². The predicted octanol–water partition coefficient (Wildman–Crippen LogP) is 0.861. The lowest BCUT2D eigenvalue weighted by Gasteiger charge is -2.22. The first-order chi connectivity index (χ1) is 7.88. The SMILES string of the molecule is OCCn1cc(CNC2CCSCC2)cn1. The van der Waals surface area contributed by atoms with E-state index in [1.807, 2.05) is 24.2 Å². The summed E-state index contributed by atoms with van der Waals surface area (Å²) in [5.74, 6) is 2.56. The Hall–Kier alpha value is -0.520. The van der Waals surface area contributed by atoms with Gasteiger partial charge in [0.2, 0.25) is 0 Å². The topological polar surface area (TPSA) is 50.1 Å². The van der Waals surface area contributed by atoms with Crippen molar-refractivity contribution in [3.05, 3.63) is 18.0 Å². The highest BCUT2D eigenvalue weighted by molar-refractivity contribution is 7.99. The Bertz CT molecular complexity index is 310. The summed E-state index contributed by atoms with van der Waals surface area (Å²) in [6, 6.07) is 0.669. The van der Waals surface area contributed by atoms with Crippen molar-refractivity contribution in [2.24, 2.45) is 0 Å². The highest BCUT2D eigenvalue weighted by Crippen LogP contribution is 2.17. The number of nitrogens with one attached hydrogen (secondary N) is 1. The third kappa shape index (κ3) is 3.50. The number of nitrogens with zero attached hydrogens (tertiary/aromatic N) is 2. The minimum atomic E-state index is 0.147. The van der Waals surface area contributed by atoms with E-state index in [2.05, 4.69) is 10.4 Å². The van der Waals surface area contributed by atoms with Crippen LogP contribution in [0.4, 0.5) is 0 Å². The van der Waals surface area contributed by atoms with Gasteiger partial charge in [-0.25, -0.2) is 0 Å². The zero-order valence-electron chi connectivity index (χ0n) is 9.43. The first kappa shape index (κ1) is 12.0. The fraction of sp³-hybridized carbons (Fsp3) is 0.727. The molecule has 1 aliphatic heterocycles. The van der Waals surface area contributed by atoms with Crippen LogP contribution in [0.3, 0.4) is 0 Å². The third-order valence-corrected chi connectivity index (χ3v) is 3.88. The van der Waals surface area contributed by atoms with Gasteiger partial charge >= 0.3 is 0 Å². The van der Waals surface area contributed by atoms with Gasteiger partial charge in [0.05, 0.1) is 19.3 Å². The molecular weight excluding hydrogens is 222 g/mol. The Morgan fingerprint density at radius 2 is 2.31 bits per heavy atom. The molecule has 5 heteroatoms. The molecule has 1 aliphatic rings. The molecule has 0 saturated carbocycles. The van der Waals surface area contributed by atoms with Crippen molar-refractivity contribution in [1.82, 2.24) is 15.1 Å². The second-order valence-electron chi connectivity index (χ2n) is 4.10. The molecule has 90 valence electrons. The van der Waals surface area contributed by atoms with Gasteiger partial charge in [0.15, 0.2) is 0 Å². The molecule has 1 aromatic heterocycles. The smallest absolute Gasteiger partial charge is 0.0640 e. The first-order valence-corrected chi connectivity index (χ1v) is 6.97. The maximum Gasteiger partial charge on any atom is 0.0640 e. The molecule has 4 nitrogen and oxygen atoms in total. The van der Waals surface area contributed by atoms with Crippen molar-refractivity contribution in [3.63, 3.8) is 0 Å². The highest BCUT2D eigenvalue weighted by Gasteiger charge is 2.12. The number of rotatable bonds is 5. The molecule has 0 amide bonds. The molecule has 1 saturated heterocycles. The van der Waals surface area contributed by atoms with E-state index >= 15 is 0 Å². The zero-order valence-corrected chi connectivity index (χ0v) is 10.2. The molecule has 0 aromatic carbocycles. The molecule has 0 radical (unpaired) electrons. The molecule has 0 spiro atoms. The number of hydrogen-bond acceptors (Lipinski definition) is 4. The van der Waals surface area contributed by atoms with Crippen LogP contribution in [0, 0.1) is 0 Å². The second kappa shape index (κ2) is 6.27. The minimum absolute atomic E-state index is 0.147. The quantitative estimate of drug-likeness (QED) is 0.803. The van der Waals surface area contributed by atoms with Crippen molar-refractivity contribution < 1.29 is 5.11 Å². The molecule has 1 fully saturated rings.